The summed E-state index contributed by atoms with van der Waals surface area (Å²) >= 11 is 0. The van der Waals surface area contributed by atoms with Crippen molar-refractivity contribution in [3.05, 3.63) is 29.3 Å². The molecule has 3 rings (SSSR count). The highest BCUT2D eigenvalue weighted by Crippen LogP contribution is 2.42. The van der Waals surface area contributed by atoms with Crippen molar-refractivity contribution in [3.8, 4) is 0 Å². The molecule has 2 N–H and O–H groups in total. The van der Waals surface area contributed by atoms with Crippen LogP contribution in [0.15, 0.2) is 18.2 Å². The van der Waals surface area contributed by atoms with Crippen LogP contribution in [-0.2, 0) is 0 Å². The molecule has 1 fully saturated rings. The molecule has 2 aliphatic rings. The number of benzene rings is 1. The summed E-state index contributed by atoms with van der Waals surface area (Å²) in [7, 11) is 0. The number of fused-ring (bicyclic) bond motifs is 1. The summed E-state index contributed by atoms with van der Waals surface area (Å²) in [6, 6.07) is 5.01. The van der Waals surface area contributed by atoms with Crippen LogP contribution in [0.4, 0.5) is 5.69 Å². The molecule has 1 aliphatic heterocycles. The zero-order chi connectivity index (χ0) is 12.2. The van der Waals surface area contributed by atoms with Gasteiger partial charge < -0.3 is 5.73 Å². The average molecular weight is 230 g/mol. The van der Waals surface area contributed by atoms with E-state index in [4.69, 9.17) is 5.73 Å². The fourth-order valence-corrected chi connectivity index (χ4v) is 2.56. The maximum atomic E-state index is 12.2. The van der Waals surface area contributed by atoms with Crippen LogP contribution in [0.5, 0.6) is 0 Å². The molecule has 0 bridgehead atoms. The van der Waals surface area contributed by atoms with Crippen molar-refractivity contribution in [2.24, 2.45) is 5.92 Å². The van der Waals surface area contributed by atoms with Crippen LogP contribution in [0.1, 0.15) is 40.5 Å². The molecule has 1 aliphatic carbocycles. The number of carbonyl (C=O) groups is 2. The lowest BCUT2D eigenvalue weighted by Gasteiger charge is -2.12. The molecule has 0 radical (unpaired) electrons. The molecule has 4 nitrogen and oxygen atoms in total. The van der Waals surface area contributed by atoms with Gasteiger partial charge in [-0.25, -0.2) is 0 Å². The third-order valence-electron chi connectivity index (χ3n) is 3.68. The number of nitrogens with zero attached hydrogens (tertiary/aromatic N) is 1. The first kappa shape index (κ1) is 10.3. The zero-order valence-corrected chi connectivity index (χ0v) is 9.64. The fraction of sp³-hybridized carbons (Fsp3) is 0.385. The van der Waals surface area contributed by atoms with Crippen LogP contribution < -0.4 is 5.73 Å². The Bertz CT molecular complexity index is 524. The quantitative estimate of drug-likeness (QED) is 0.620. The first-order valence-electron chi connectivity index (χ1n) is 5.91. The van der Waals surface area contributed by atoms with Gasteiger partial charge in [0.05, 0.1) is 11.1 Å². The third kappa shape index (κ3) is 1.37. The molecule has 1 aromatic rings. The van der Waals surface area contributed by atoms with Crippen molar-refractivity contribution in [2.75, 3.05) is 5.73 Å². The summed E-state index contributed by atoms with van der Waals surface area (Å²) in [6.45, 7) is 2.08. The van der Waals surface area contributed by atoms with Crippen molar-refractivity contribution < 1.29 is 9.59 Å². The standard InChI is InChI=1S/C13H14N2O2/c1-2-7-5-11(7)15-12(16)9-4-3-8(14)6-10(9)13(15)17/h3-4,6-7,11H,2,5,14H2,1H3. The SMILES string of the molecule is CCC1CC1N1C(=O)c2ccc(N)cc2C1=O. The molecule has 0 saturated heterocycles. The van der Waals surface area contributed by atoms with E-state index in [1.165, 1.54) is 4.90 Å². The van der Waals surface area contributed by atoms with E-state index < -0.39 is 0 Å². The van der Waals surface area contributed by atoms with E-state index in [-0.39, 0.29) is 17.9 Å². The van der Waals surface area contributed by atoms with E-state index in [1.54, 1.807) is 18.2 Å². The summed E-state index contributed by atoms with van der Waals surface area (Å²) < 4.78 is 0. The third-order valence-corrected chi connectivity index (χ3v) is 3.68. The van der Waals surface area contributed by atoms with E-state index >= 15 is 0 Å². The smallest absolute Gasteiger partial charge is 0.261 e. The number of anilines is 1. The second-order valence-electron chi connectivity index (χ2n) is 4.76. The van der Waals surface area contributed by atoms with Gasteiger partial charge in [-0.15, -0.1) is 0 Å². The first-order chi connectivity index (χ1) is 8.13. The van der Waals surface area contributed by atoms with E-state index in [1.807, 2.05) is 0 Å². The second kappa shape index (κ2) is 3.32. The van der Waals surface area contributed by atoms with Gasteiger partial charge in [-0.3, -0.25) is 14.5 Å². The van der Waals surface area contributed by atoms with Gasteiger partial charge in [-0.2, -0.15) is 0 Å². The minimum Gasteiger partial charge on any atom is -0.399 e. The van der Waals surface area contributed by atoms with E-state index in [2.05, 4.69) is 6.92 Å². The van der Waals surface area contributed by atoms with Gasteiger partial charge in [-0.05, 0) is 30.5 Å². The summed E-state index contributed by atoms with van der Waals surface area (Å²) in [6.07, 6.45) is 1.96. The van der Waals surface area contributed by atoms with Crippen molar-refractivity contribution in [1.82, 2.24) is 4.90 Å². The largest absolute Gasteiger partial charge is 0.399 e. The number of nitrogen functional groups attached to an aromatic ring is 1. The Morgan fingerprint density at radius 2 is 2.00 bits per heavy atom. The summed E-state index contributed by atoms with van der Waals surface area (Å²) in [5.41, 5.74) is 7.12. The maximum absolute atomic E-state index is 12.2. The van der Waals surface area contributed by atoms with Crippen molar-refractivity contribution in [3.63, 3.8) is 0 Å². The lowest BCUT2D eigenvalue weighted by Crippen LogP contribution is -2.32. The van der Waals surface area contributed by atoms with Crippen molar-refractivity contribution in [2.45, 2.75) is 25.8 Å². The van der Waals surface area contributed by atoms with Crippen LogP contribution in [0.3, 0.4) is 0 Å². The number of carbonyl (C=O) groups excluding carboxylic acids is 2. The number of amides is 2. The monoisotopic (exact) mass is 230 g/mol. The molecule has 2 unspecified atom stereocenters. The van der Waals surface area contributed by atoms with Crippen LogP contribution in [0.25, 0.3) is 0 Å². The molecule has 17 heavy (non-hydrogen) atoms. The number of rotatable bonds is 2. The van der Waals surface area contributed by atoms with Crippen LogP contribution in [0, 0.1) is 5.92 Å². The molecule has 2 atom stereocenters. The van der Waals surface area contributed by atoms with Gasteiger partial charge in [0.15, 0.2) is 0 Å². The van der Waals surface area contributed by atoms with Gasteiger partial charge in [0, 0.05) is 11.7 Å². The van der Waals surface area contributed by atoms with Gasteiger partial charge in [-0.1, -0.05) is 13.3 Å². The Hall–Kier alpha value is -1.84. The topological polar surface area (TPSA) is 63.4 Å². The number of nitrogens with two attached hydrogens (primary N) is 1. The predicted octanol–water partition coefficient (Wildman–Crippen LogP) is 1.66. The molecule has 2 amide bonds. The molecule has 88 valence electrons. The second-order valence-corrected chi connectivity index (χ2v) is 4.76. The number of imide groups is 1. The summed E-state index contributed by atoms with van der Waals surface area (Å²) in [5, 5.41) is 0. The molecule has 1 heterocycles. The highest BCUT2D eigenvalue weighted by Gasteiger charge is 2.49. The number of hydrogen-bond acceptors (Lipinski definition) is 3. The Morgan fingerprint density at radius 3 is 2.65 bits per heavy atom. The summed E-state index contributed by atoms with van der Waals surface area (Å²) in [5.74, 6) is 0.138. The molecule has 4 heteroatoms. The molecule has 1 saturated carbocycles. The van der Waals surface area contributed by atoms with E-state index in [9.17, 15) is 9.59 Å². The molecule has 0 spiro atoms. The molecular weight excluding hydrogens is 216 g/mol. The minimum absolute atomic E-state index is 0.105. The lowest BCUT2D eigenvalue weighted by atomic mass is 10.1. The van der Waals surface area contributed by atoms with Crippen LogP contribution in [0.2, 0.25) is 0 Å². The predicted molar refractivity (Wildman–Crippen MR) is 63.5 cm³/mol. The lowest BCUT2D eigenvalue weighted by molar-refractivity contribution is 0.0634. The summed E-state index contributed by atoms with van der Waals surface area (Å²) in [4.78, 5) is 25.7. The fourth-order valence-electron chi connectivity index (χ4n) is 2.56. The Kier molecular flexibility index (Phi) is 2.02. The van der Waals surface area contributed by atoms with E-state index in [0.717, 1.165) is 12.8 Å². The average Bonchev–Trinajstić information content (AvgIpc) is 3.03. The highest BCUT2D eigenvalue weighted by atomic mass is 16.2. The Morgan fingerprint density at radius 1 is 1.29 bits per heavy atom. The first-order valence-corrected chi connectivity index (χ1v) is 5.91. The minimum atomic E-state index is -0.182. The zero-order valence-electron chi connectivity index (χ0n) is 9.64. The van der Waals surface area contributed by atoms with Gasteiger partial charge in [0.25, 0.3) is 11.8 Å². The molecular formula is C13H14N2O2. The van der Waals surface area contributed by atoms with Gasteiger partial charge >= 0.3 is 0 Å². The highest BCUT2D eigenvalue weighted by molar-refractivity contribution is 6.22. The maximum Gasteiger partial charge on any atom is 0.261 e. The van der Waals surface area contributed by atoms with Crippen molar-refractivity contribution >= 4 is 17.5 Å². The Labute approximate surface area is 99.4 Å². The molecule has 1 aromatic carbocycles. The van der Waals surface area contributed by atoms with Gasteiger partial charge in [0.1, 0.15) is 0 Å². The van der Waals surface area contributed by atoms with Crippen LogP contribution >= 0.6 is 0 Å². The molecule has 0 aromatic heterocycles. The Balaban J connectivity index is 1.98. The number of hydrogen-bond donors (Lipinski definition) is 1. The van der Waals surface area contributed by atoms with Crippen molar-refractivity contribution in [1.29, 1.82) is 0 Å². The van der Waals surface area contributed by atoms with Gasteiger partial charge in [0.2, 0.25) is 0 Å². The normalized spacial score (nSPS) is 26.3. The van der Waals surface area contributed by atoms with E-state index in [0.29, 0.717) is 22.7 Å². The van der Waals surface area contributed by atoms with Crippen LogP contribution in [-0.4, -0.2) is 22.8 Å².